The van der Waals surface area contributed by atoms with Crippen LogP contribution < -0.4 is 5.73 Å². The van der Waals surface area contributed by atoms with E-state index >= 15 is 0 Å². The van der Waals surface area contributed by atoms with Crippen LogP contribution in [0.5, 0.6) is 0 Å². The number of nitrogens with zero attached hydrogens (tertiary/aromatic N) is 2. The number of nitrogen functional groups attached to an aromatic ring is 1. The number of hydrogen-bond donors (Lipinski definition) is 1. The van der Waals surface area contributed by atoms with Gasteiger partial charge in [-0.25, -0.2) is 4.98 Å². The number of fused-ring (bicyclic) bond motifs is 2. The molecule has 0 amide bonds. The summed E-state index contributed by atoms with van der Waals surface area (Å²) in [5.41, 5.74) is 9.28. The quantitative estimate of drug-likeness (QED) is 0.645. The number of thiophene rings is 1. The SMILES string of the molecule is CC(C)C.CCC(C)CC(C)C1CCc2nc3sc(C#N)c(N)c3cc2C1. The van der Waals surface area contributed by atoms with Crippen LogP contribution in [0.25, 0.3) is 10.2 Å². The first kappa shape index (κ1) is 21.7. The second kappa shape index (κ2) is 9.55. The Morgan fingerprint density at radius 2 is 1.96 bits per heavy atom. The molecule has 3 atom stereocenters. The molecule has 1 aliphatic carbocycles. The van der Waals surface area contributed by atoms with Crippen molar-refractivity contribution in [3.63, 3.8) is 0 Å². The largest absolute Gasteiger partial charge is 0.396 e. The number of nitrogens with two attached hydrogens (primary N) is 1. The number of aromatic nitrogens is 1. The molecule has 0 aromatic carbocycles. The molecule has 0 spiro atoms. The van der Waals surface area contributed by atoms with Crippen LogP contribution in [0.2, 0.25) is 0 Å². The van der Waals surface area contributed by atoms with Gasteiger partial charge in [0.15, 0.2) is 0 Å². The van der Waals surface area contributed by atoms with Gasteiger partial charge in [0.05, 0.1) is 5.69 Å². The van der Waals surface area contributed by atoms with Crippen molar-refractivity contribution in [2.45, 2.75) is 73.6 Å². The van der Waals surface area contributed by atoms with Crippen molar-refractivity contribution in [2.75, 3.05) is 5.73 Å². The average molecular weight is 386 g/mol. The molecule has 3 nitrogen and oxygen atoms in total. The first-order valence-corrected chi connectivity index (χ1v) is 11.2. The molecular weight excluding hydrogens is 350 g/mol. The van der Waals surface area contributed by atoms with Crippen LogP contribution in [0.1, 0.15) is 76.9 Å². The Labute approximate surface area is 169 Å². The molecule has 0 bridgehead atoms. The fourth-order valence-corrected chi connectivity index (χ4v) is 4.67. The molecule has 148 valence electrons. The minimum absolute atomic E-state index is 0.594. The normalized spacial score (nSPS) is 18.4. The van der Waals surface area contributed by atoms with E-state index in [0.29, 0.717) is 10.6 Å². The van der Waals surface area contributed by atoms with Gasteiger partial charge in [0.25, 0.3) is 0 Å². The Bertz CT molecular complexity index is 797. The van der Waals surface area contributed by atoms with E-state index in [2.05, 4.69) is 53.7 Å². The van der Waals surface area contributed by atoms with E-state index in [0.717, 1.165) is 46.7 Å². The molecule has 0 aliphatic heterocycles. The van der Waals surface area contributed by atoms with Crippen LogP contribution in [0, 0.1) is 35.0 Å². The molecule has 2 aromatic rings. The van der Waals surface area contributed by atoms with Gasteiger partial charge in [-0.05, 0) is 61.0 Å². The van der Waals surface area contributed by atoms with E-state index in [9.17, 15) is 0 Å². The third kappa shape index (κ3) is 5.45. The van der Waals surface area contributed by atoms with Gasteiger partial charge >= 0.3 is 0 Å². The molecule has 0 saturated heterocycles. The Morgan fingerprint density at radius 3 is 2.56 bits per heavy atom. The summed E-state index contributed by atoms with van der Waals surface area (Å²) in [6, 6.07) is 4.38. The van der Waals surface area contributed by atoms with Crippen LogP contribution in [-0.4, -0.2) is 4.98 Å². The van der Waals surface area contributed by atoms with E-state index in [1.165, 1.54) is 41.9 Å². The summed E-state index contributed by atoms with van der Waals surface area (Å²) in [5.74, 6) is 3.13. The highest BCUT2D eigenvalue weighted by Gasteiger charge is 2.26. The molecule has 3 rings (SSSR count). The molecule has 1 aliphatic rings. The lowest BCUT2D eigenvalue weighted by atomic mass is 9.76. The molecular formula is C23H35N3S. The third-order valence-corrected chi connectivity index (χ3v) is 6.52. The van der Waals surface area contributed by atoms with Crippen molar-refractivity contribution >= 4 is 27.2 Å². The van der Waals surface area contributed by atoms with Gasteiger partial charge < -0.3 is 5.73 Å². The molecule has 2 N–H and O–H groups in total. The van der Waals surface area contributed by atoms with Crippen LogP contribution in [0.15, 0.2) is 6.07 Å². The standard InChI is InChI=1S/C19H25N3S.C4H10/c1-4-11(2)7-12(3)13-5-6-16-14(8-13)9-15-18(21)17(10-20)23-19(15)22-16;1-4(2)3/h9,11-13H,4-8,21H2,1-3H3;4H,1-3H3. The van der Waals surface area contributed by atoms with Crippen molar-refractivity contribution < 1.29 is 0 Å². The number of pyridine rings is 1. The van der Waals surface area contributed by atoms with Crippen molar-refractivity contribution in [3.05, 3.63) is 22.2 Å². The number of anilines is 1. The van der Waals surface area contributed by atoms with E-state index in [1.807, 2.05) is 0 Å². The molecule has 3 unspecified atom stereocenters. The third-order valence-electron chi connectivity index (χ3n) is 5.50. The Kier molecular flexibility index (Phi) is 7.68. The van der Waals surface area contributed by atoms with Crippen LogP contribution in [-0.2, 0) is 12.8 Å². The lowest BCUT2D eigenvalue weighted by Gasteiger charge is -2.30. The van der Waals surface area contributed by atoms with Crippen molar-refractivity contribution in [3.8, 4) is 6.07 Å². The smallest absolute Gasteiger partial charge is 0.130 e. The first-order chi connectivity index (χ1) is 12.8. The number of nitriles is 1. The van der Waals surface area contributed by atoms with Gasteiger partial charge in [-0.2, -0.15) is 5.26 Å². The topological polar surface area (TPSA) is 62.7 Å². The van der Waals surface area contributed by atoms with Crippen LogP contribution in [0.3, 0.4) is 0 Å². The van der Waals surface area contributed by atoms with Crippen LogP contribution in [0.4, 0.5) is 5.69 Å². The summed E-state index contributed by atoms with van der Waals surface area (Å²) >= 11 is 1.42. The second-order valence-electron chi connectivity index (χ2n) is 8.86. The summed E-state index contributed by atoms with van der Waals surface area (Å²) in [6.45, 7) is 13.5. The second-order valence-corrected chi connectivity index (χ2v) is 9.86. The summed E-state index contributed by atoms with van der Waals surface area (Å²) in [5, 5.41) is 10.1. The zero-order valence-corrected chi connectivity index (χ0v) is 18.6. The summed E-state index contributed by atoms with van der Waals surface area (Å²) in [7, 11) is 0. The summed E-state index contributed by atoms with van der Waals surface area (Å²) < 4.78 is 0. The number of hydrogen-bond acceptors (Lipinski definition) is 4. The van der Waals surface area contributed by atoms with E-state index in [4.69, 9.17) is 16.0 Å². The van der Waals surface area contributed by atoms with Gasteiger partial charge in [0.1, 0.15) is 15.8 Å². The zero-order valence-electron chi connectivity index (χ0n) is 17.8. The fraction of sp³-hybridized carbons (Fsp3) is 0.652. The maximum atomic E-state index is 9.16. The van der Waals surface area contributed by atoms with E-state index in [1.54, 1.807) is 0 Å². The molecule has 4 heteroatoms. The van der Waals surface area contributed by atoms with Crippen molar-refractivity contribution in [1.82, 2.24) is 4.98 Å². The lowest BCUT2D eigenvalue weighted by Crippen LogP contribution is -2.23. The van der Waals surface area contributed by atoms with E-state index < -0.39 is 0 Å². The summed E-state index contributed by atoms with van der Waals surface area (Å²) in [4.78, 5) is 6.32. The summed E-state index contributed by atoms with van der Waals surface area (Å²) in [6.07, 6.45) is 5.96. The van der Waals surface area contributed by atoms with Crippen molar-refractivity contribution in [2.24, 2.45) is 23.7 Å². The van der Waals surface area contributed by atoms with Gasteiger partial charge in [-0.3, -0.25) is 0 Å². The molecule has 0 radical (unpaired) electrons. The average Bonchev–Trinajstić information content (AvgIpc) is 2.94. The Hall–Kier alpha value is -1.60. The number of aryl methyl sites for hydroxylation is 1. The van der Waals surface area contributed by atoms with Crippen molar-refractivity contribution in [1.29, 1.82) is 5.26 Å². The van der Waals surface area contributed by atoms with Gasteiger partial charge in [-0.1, -0.05) is 48.0 Å². The maximum Gasteiger partial charge on any atom is 0.130 e. The van der Waals surface area contributed by atoms with Gasteiger partial charge in [0.2, 0.25) is 0 Å². The minimum atomic E-state index is 0.594. The molecule has 0 fully saturated rings. The van der Waals surface area contributed by atoms with Gasteiger partial charge in [-0.15, -0.1) is 11.3 Å². The van der Waals surface area contributed by atoms with Crippen LogP contribution >= 0.6 is 11.3 Å². The minimum Gasteiger partial charge on any atom is -0.396 e. The predicted octanol–water partition coefficient (Wildman–Crippen LogP) is 6.59. The molecule has 27 heavy (non-hydrogen) atoms. The predicted molar refractivity (Wildman–Crippen MR) is 118 cm³/mol. The maximum absolute atomic E-state index is 9.16. The van der Waals surface area contributed by atoms with E-state index in [-0.39, 0.29) is 0 Å². The molecule has 2 heterocycles. The highest BCUT2D eigenvalue weighted by atomic mass is 32.1. The Morgan fingerprint density at radius 1 is 1.30 bits per heavy atom. The zero-order chi connectivity index (χ0) is 20.1. The first-order valence-electron chi connectivity index (χ1n) is 10.4. The number of rotatable bonds is 4. The molecule has 0 saturated carbocycles. The monoisotopic (exact) mass is 385 g/mol. The fourth-order valence-electron chi connectivity index (χ4n) is 3.78. The Balaban J connectivity index is 0.000000596. The highest BCUT2D eigenvalue weighted by molar-refractivity contribution is 7.19. The molecule has 2 aromatic heterocycles. The lowest BCUT2D eigenvalue weighted by molar-refractivity contribution is 0.266. The highest BCUT2D eigenvalue weighted by Crippen LogP contribution is 2.38. The van der Waals surface area contributed by atoms with Gasteiger partial charge in [0, 0.05) is 11.1 Å².